The molecule has 0 spiro atoms. The first kappa shape index (κ1) is 11.8. The Bertz CT molecular complexity index is 341. The lowest BCUT2D eigenvalue weighted by Crippen LogP contribution is -2.38. The summed E-state index contributed by atoms with van der Waals surface area (Å²) in [6.45, 7) is 5.35. The van der Waals surface area contributed by atoms with Crippen LogP contribution in [0.25, 0.3) is 0 Å². The molecule has 1 rings (SSSR count). The average molecular weight is 211 g/mol. The van der Waals surface area contributed by atoms with E-state index in [1.165, 1.54) is 0 Å². The van der Waals surface area contributed by atoms with E-state index in [1.54, 1.807) is 26.0 Å². The third-order valence-electron chi connectivity index (χ3n) is 2.22. The number of carbonyl (C=O) groups is 1. The fourth-order valence-electron chi connectivity index (χ4n) is 1.21. The predicted molar refractivity (Wildman–Crippen MR) is 56.3 cm³/mol. The van der Waals surface area contributed by atoms with Gasteiger partial charge in [0.1, 0.15) is 17.1 Å². The molecule has 0 aliphatic heterocycles. The lowest BCUT2D eigenvalue weighted by molar-refractivity contribution is -0.122. The van der Waals surface area contributed by atoms with Gasteiger partial charge >= 0.3 is 0 Å². The Morgan fingerprint density at radius 3 is 2.73 bits per heavy atom. The lowest BCUT2D eigenvalue weighted by Gasteiger charge is -2.21. The standard InChI is InChI=1S/C11H17NO3/c1-4-10(13)12-7-11(3,14)9-6-5-8(2)15-9/h5-6,14H,4,7H2,1-3H3,(H,12,13). The van der Waals surface area contributed by atoms with E-state index in [-0.39, 0.29) is 12.5 Å². The number of furan rings is 1. The molecule has 2 N–H and O–H groups in total. The molecule has 1 aromatic heterocycles. The average Bonchev–Trinajstić information content (AvgIpc) is 2.62. The van der Waals surface area contributed by atoms with Gasteiger partial charge in [0.05, 0.1) is 6.54 Å². The van der Waals surface area contributed by atoms with Gasteiger partial charge in [-0.2, -0.15) is 0 Å². The number of aliphatic hydroxyl groups is 1. The first-order chi connectivity index (χ1) is 6.95. The maximum absolute atomic E-state index is 11.0. The van der Waals surface area contributed by atoms with Crippen molar-refractivity contribution in [1.82, 2.24) is 5.32 Å². The van der Waals surface area contributed by atoms with Crippen LogP contribution in [0.15, 0.2) is 16.5 Å². The number of hydrogen-bond donors (Lipinski definition) is 2. The quantitative estimate of drug-likeness (QED) is 0.789. The molecule has 15 heavy (non-hydrogen) atoms. The third kappa shape index (κ3) is 3.09. The molecule has 4 heteroatoms. The number of nitrogens with one attached hydrogen (secondary N) is 1. The van der Waals surface area contributed by atoms with Crippen LogP contribution in [0.3, 0.4) is 0 Å². The number of aryl methyl sites for hydroxylation is 1. The molecule has 4 nitrogen and oxygen atoms in total. The lowest BCUT2D eigenvalue weighted by atomic mass is 10.0. The summed E-state index contributed by atoms with van der Waals surface area (Å²) in [4.78, 5) is 11.0. The number of hydrogen-bond acceptors (Lipinski definition) is 3. The minimum Gasteiger partial charge on any atom is -0.463 e. The molecule has 0 saturated heterocycles. The van der Waals surface area contributed by atoms with E-state index in [0.29, 0.717) is 12.2 Å². The molecule has 0 aliphatic rings. The first-order valence-electron chi connectivity index (χ1n) is 5.01. The van der Waals surface area contributed by atoms with Crippen molar-refractivity contribution in [2.24, 2.45) is 0 Å². The minimum absolute atomic E-state index is 0.0847. The van der Waals surface area contributed by atoms with E-state index in [2.05, 4.69) is 5.32 Å². The zero-order valence-corrected chi connectivity index (χ0v) is 9.33. The van der Waals surface area contributed by atoms with Crippen molar-refractivity contribution in [2.75, 3.05) is 6.54 Å². The van der Waals surface area contributed by atoms with Crippen molar-refractivity contribution < 1.29 is 14.3 Å². The second kappa shape index (κ2) is 4.49. The molecule has 1 aromatic rings. The van der Waals surface area contributed by atoms with Gasteiger partial charge in [0.15, 0.2) is 0 Å². The summed E-state index contributed by atoms with van der Waals surface area (Å²) < 4.78 is 5.31. The van der Waals surface area contributed by atoms with Gasteiger partial charge in [-0.05, 0) is 26.0 Å². The summed E-state index contributed by atoms with van der Waals surface area (Å²) in [6.07, 6.45) is 0.410. The Hall–Kier alpha value is -1.29. The monoisotopic (exact) mass is 211 g/mol. The molecule has 0 aliphatic carbocycles. The molecule has 1 amide bonds. The van der Waals surface area contributed by atoms with Crippen LogP contribution in [0.1, 0.15) is 31.8 Å². The summed E-state index contributed by atoms with van der Waals surface area (Å²) in [6, 6.07) is 3.50. The topological polar surface area (TPSA) is 62.5 Å². The third-order valence-corrected chi connectivity index (χ3v) is 2.22. The number of carbonyl (C=O) groups excluding carboxylic acids is 1. The number of amides is 1. The Kier molecular flexibility index (Phi) is 3.52. The molecule has 1 heterocycles. The van der Waals surface area contributed by atoms with Gasteiger partial charge in [0.25, 0.3) is 0 Å². The van der Waals surface area contributed by atoms with Crippen molar-refractivity contribution in [3.05, 3.63) is 23.7 Å². The molecule has 0 radical (unpaired) electrons. The van der Waals surface area contributed by atoms with Gasteiger partial charge in [-0.1, -0.05) is 6.92 Å². The fraction of sp³-hybridized carbons (Fsp3) is 0.545. The maximum atomic E-state index is 11.0. The van der Waals surface area contributed by atoms with Gasteiger partial charge in [0.2, 0.25) is 5.91 Å². The summed E-state index contributed by atoms with van der Waals surface area (Å²) >= 11 is 0. The second-order valence-electron chi connectivity index (χ2n) is 3.81. The smallest absolute Gasteiger partial charge is 0.219 e. The van der Waals surface area contributed by atoms with Crippen LogP contribution in [0.4, 0.5) is 0 Å². The largest absolute Gasteiger partial charge is 0.463 e. The van der Waals surface area contributed by atoms with Crippen molar-refractivity contribution in [1.29, 1.82) is 0 Å². The van der Waals surface area contributed by atoms with Crippen molar-refractivity contribution in [2.45, 2.75) is 32.8 Å². The Labute approximate surface area is 89.3 Å². The van der Waals surface area contributed by atoms with E-state index in [1.807, 2.05) is 6.92 Å². The molecule has 84 valence electrons. The second-order valence-corrected chi connectivity index (χ2v) is 3.81. The summed E-state index contributed by atoms with van der Waals surface area (Å²) in [7, 11) is 0. The van der Waals surface area contributed by atoms with Crippen LogP contribution < -0.4 is 5.32 Å². The molecule has 0 aromatic carbocycles. The zero-order valence-electron chi connectivity index (χ0n) is 9.33. The van der Waals surface area contributed by atoms with Crippen LogP contribution in [-0.4, -0.2) is 17.6 Å². The normalized spacial score (nSPS) is 14.7. The van der Waals surface area contributed by atoms with E-state index in [4.69, 9.17) is 4.42 Å². The highest BCUT2D eigenvalue weighted by molar-refractivity contribution is 5.75. The van der Waals surface area contributed by atoms with Crippen molar-refractivity contribution in [3.63, 3.8) is 0 Å². The zero-order chi connectivity index (χ0) is 11.5. The summed E-state index contributed by atoms with van der Waals surface area (Å²) in [5.74, 6) is 1.13. The van der Waals surface area contributed by atoms with E-state index in [0.717, 1.165) is 5.76 Å². The van der Waals surface area contributed by atoms with Crippen LogP contribution in [0, 0.1) is 6.92 Å². The van der Waals surface area contributed by atoms with E-state index < -0.39 is 5.60 Å². The Morgan fingerprint density at radius 1 is 1.60 bits per heavy atom. The van der Waals surface area contributed by atoms with Crippen molar-refractivity contribution >= 4 is 5.91 Å². The fourth-order valence-corrected chi connectivity index (χ4v) is 1.21. The minimum atomic E-state index is -1.15. The highest BCUT2D eigenvalue weighted by Crippen LogP contribution is 2.21. The highest BCUT2D eigenvalue weighted by atomic mass is 16.4. The first-order valence-corrected chi connectivity index (χ1v) is 5.01. The summed E-state index contributed by atoms with van der Waals surface area (Å²) in [5, 5.41) is 12.7. The van der Waals surface area contributed by atoms with Gasteiger partial charge in [-0.25, -0.2) is 0 Å². The molecule has 1 atom stereocenters. The van der Waals surface area contributed by atoms with Gasteiger partial charge in [-0.3, -0.25) is 4.79 Å². The molecule has 0 fully saturated rings. The predicted octanol–water partition coefficient (Wildman–Crippen LogP) is 1.32. The van der Waals surface area contributed by atoms with E-state index in [9.17, 15) is 9.90 Å². The van der Waals surface area contributed by atoms with Crippen LogP contribution in [0.5, 0.6) is 0 Å². The van der Waals surface area contributed by atoms with Crippen molar-refractivity contribution in [3.8, 4) is 0 Å². The molecular formula is C11H17NO3. The van der Waals surface area contributed by atoms with Crippen LogP contribution in [-0.2, 0) is 10.4 Å². The Balaban J connectivity index is 2.63. The molecule has 1 unspecified atom stereocenters. The SMILES string of the molecule is CCC(=O)NCC(C)(O)c1ccc(C)o1. The Morgan fingerprint density at radius 2 is 2.27 bits per heavy atom. The summed E-state index contributed by atoms with van der Waals surface area (Å²) in [5.41, 5.74) is -1.15. The number of rotatable bonds is 4. The molecule has 0 bridgehead atoms. The molecular weight excluding hydrogens is 194 g/mol. The van der Waals surface area contributed by atoms with Crippen LogP contribution >= 0.6 is 0 Å². The van der Waals surface area contributed by atoms with E-state index >= 15 is 0 Å². The molecule has 0 saturated carbocycles. The van der Waals surface area contributed by atoms with Gasteiger partial charge in [0, 0.05) is 6.42 Å². The van der Waals surface area contributed by atoms with Gasteiger partial charge < -0.3 is 14.8 Å². The highest BCUT2D eigenvalue weighted by Gasteiger charge is 2.26. The van der Waals surface area contributed by atoms with Crippen LogP contribution in [0.2, 0.25) is 0 Å². The maximum Gasteiger partial charge on any atom is 0.219 e. The van der Waals surface area contributed by atoms with Gasteiger partial charge in [-0.15, -0.1) is 0 Å².